The highest BCUT2D eigenvalue weighted by atomic mass is 35.5. The van der Waals surface area contributed by atoms with Crippen molar-refractivity contribution in [3.63, 3.8) is 0 Å². The monoisotopic (exact) mass is 890 g/mol. The van der Waals surface area contributed by atoms with Crippen LogP contribution in [0.5, 0.6) is 0 Å². The number of nitrogens with one attached hydrogen (secondary N) is 3. The Morgan fingerprint density at radius 1 is 0.619 bits per heavy atom. The molecule has 10 rings (SSSR count). The molecule has 0 saturated carbocycles. The minimum atomic E-state index is -4.43. The van der Waals surface area contributed by atoms with Crippen LogP contribution in [0.3, 0.4) is 0 Å². The lowest BCUT2D eigenvalue weighted by Crippen LogP contribution is -2.39. The van der Waals surface area contributed by atoms with Gasteiger partial charge in [-0.05, 0) is 96.3 Å². The Kier molecular flexibility index (Phi) is 12.4. The molecule has 2 aliphatic heterocycles. The molecule has 0 aromatic carbocycles. The lowest BCUT2D eigenvalue weighted by atomic mass is 9.87. The van der Waals surface area contributed by atoms with Crippen LogP contribution in [0.2, 0.25) is 5.28 Å². The van der Waals surface area contributed by atoms with Crippen molar-refractivity contribution < 1.29 is 26.3 Å². The number of hydrogen-bond donors (Lipinski definition) is 3. The highest BCUT2D eigenvalue weighted by Gasteiger charge is 2.33. The summed E-state index contributed by atoms with van der Waals surface area (Å²) < 4.78 is 80.5. The molecule has 4 atom stereocenters. The number of pyridine rings is 2. The molecule has 328 valence electrons. The minimum absolute atomic E-state index is 0.0180. The second kappa shape index (κ2) is 18.1. The molecule has 3 N–H and O–H groups in total. The van der Waals surface area contributed by atoms with Crippen molar-refractivity contribution in [1.29, 1.82) is 0 Å². The highest BCUT2D eigenvalue weighted by molar-refractivity contribution is 6.28. The molecule has 14 nitrogen and oxygen atoms in total. The molecule has 63 heavy (non-hydrogen) atoms. The zero-order valence-electron chi connectivity index (χ0n) is 33.9. The molecule has 0 bridgehead atoms. The SMILES string of the molecule is C[C@@H]1CNC[C@H](c2cn[nH]c2)C1.C[C@H]1C[C@@H](c2cn[nH]c2)CN(c2nccc(-c3cnc4ccc(C(F)(F)F)cn34)n2)C1.FC(F)(F)c1ccc2ncc(-c3ccnc(Cl)n3)n2c1. The number of nitrogens with zero attached hydrogens (tertiary/aromatic N) is 11. The fourth-order valence-corrected chi connectivity index (χ4v) is 8.08. The first kappa shape index (κ1) is 43.2. The van der Waals surface area contributed by atoms with Crippen molar-refractivity contribution in [2.75, 3.05) is 31.1 Å². The Morgan fingerprint density at radius 3 is 1.71 bits per heavy atom. The molecule has 0 aliphatic carbocycles. The molecule has 21 heteroatoms. The van der Waals surface area contributed by atoms with Gasteiger partial charge in [0.15, 0.2) is 0 Å². The number of piperidine rings is 2. The molecule has 0 radical (unpaired) electrons. The lowest BCUT2D eigenvalue weighted by molar-refractivity contribution is -0.138. The molecule has 0 amide bonds. The summed E-state index contributed by atoms with van der Waals surface area (Å²) in [4.78, 5) is 27.2. The Hall–Kier alpha value is -6.41. The highest BCUT2D eigenvalue weighted by Crippen LogP contribution is 2.34. The number of aromatic nitrogens is 12. The maximum absolute atomic E-state index is 13.2. The molecule has 2 aliphatic rings. The van der Waals surface area contributed by atoms with Gasteiger partial charge in [0.2, 0.25) is 11.2 Å². The predicted molar refractivity (Wildman–Crippen MR) is 223 cm³/mol. The first-order valence-corrected chi connectivity index (χ1v) is 20.4. The van der Waals surface area contributed by atoms with Crippen LogP contribution >= 0.6 is 11.6 Å². The van der Waals surface area contributed by atoms with Crippen molar-refractivity contribution in [3.8, 4) is 22.8 Å². The number of rotatable bonds is 5. The Labute approximate surface area is 361 Å². The molecular formula is C42H41ClF6N14. The topological polar surface area (TPSA) is 159 Å². The first-order valence-electron chi connectivity index (χ1n) is 20.0. The van der Waals surface area contributed by atoms with Gasteiger partial charge in [0, 0.05) is 62.7 Å². The fraction of sp³-hybridized carbons (Fsp3) is 0.333. The Morgan fingerprint density at radius 2 is 1.17 bits per heavy atom. The van der Waals surface area contributed by atoms with Gasteiger partial charge in [-0.25, -0.2) is 29.9 Å². The number of fused-ring (bicyclic) bond motifs is 2. The van der Waals surface area contributed by atoms with Crippen LogP contribution in [-0.4, -0.2) is 85.3 Å². The molecule has 0 unspecified atom stereocenters. The molecule has 2 fully saturated rings. The molecule has 8 aromatic rings. The zero-order chi connectivity index (χ0) is 44.3. The van der Waals surface area contributed by atoms with Crippen LogP contribution in [0, 0.1) is 11.8 Å². The van der Waals surface area contributed by atoms with Gasteiger partial charge in [-0.15, -0.1) is 0 Å². The zero-order valence-corrected chi connectivity index (χ0v) is 34.6. The summed E-state index contributed by atoms with van der Waals surface area (Å²) in [5.74, 6) is 2.75. The number of alkyl halides is 6. The summed E-state index contributed by atoms with van der Waals surface area (Å²) in [6.45, 7) is 8.30. The summed E-state index contributed by atoms with van der Waals surface area (Å²) >= 11 is 5.68. The van der Waals surface area contributed by atoms with Crippen LogP contribution < -0.4 is 10.2 Å². The van der Waals surface area contributed by atoms with Gasteiger partial charge in [-0.1, -0.05) is 13.8 Å². The van der Waals surface area contributed by atoms with E-state index in [9.17, 15) is 26.3 Å². The van der Waals surface area contributed by atoms with Gasteiger partial charge in [0.05, 0.1) is 58.7 Å². The molecule has 2 saturated heterocycles. The third-order valence-corrected chi connectivity index (χ3v) is 11.1. The van der Waals surface area contributed by atoms with Gasteiger partial charge >= 0.3 is 12.4 Å². The summed E-state index contributed by atoms with van der Waals surface area (Å²) in [6.07, 6.45) is 9.24. The van der Waals surface area contributed by atoms with E-state index in [4.69, 9.17) is 11.6 Å². The van der Waals surface area contributed by atoms with E-state index in [1.54, 1.807) is 18.3 Å². The first-order chi connectivity index (χ1) is 30.2. The van der Waals surface area contributed by atoms with E-state index in [-0.39, 0.29) is 5.28 Å². The maximum atomic E-state index is 13.2. The summed E-state index contributed by atoms with van der Waals surface area (Å²) in [5.41, 5.74) is 3.63. The normalized spacial score (nSPS) is 19.3. The van der Waals surface area contributed by atoms with Gasteiger partial charge in [-0.3, -0.25) is 19.0 Å². The minimum Gasteiger partial charge on any atom is -0.340 e. The number of aromatic amines is 2. The smallest absolute Gasteiger partial charge is 0.340 e. The second-order valence-corrected chi connectivity index (χ2v) is 16.1. The van der Waals surface area contributed by atoms with Crippen molar-refractivity contribution in [3.05, 3.63) is 126 Å². The third kappa shape index (κ3) is 10.1. The summed E-state index contributed by atoms with van der Waals surface area (Å²) in [7, 11) is 0. The summed E-state index contributed by atoms with van der Waals surface area (Å²) in [6, 6.07) is 7.91. The standard InChI is InChI=1S/C21H20F3N7.C12H6ClF3N4.C9H15N3/c1-13-6-14(15-7-27-28-8-15)11-30(10-13)20-25-5-4-17(29-20)18-9-26-19-3-2-16(12-31(18)19)21(22,23)24;13-11-17-4-3-8(19-11)9-5-18-10-2-1-7(6-20(9)10)12(14,15)16;1-7-2-8(4-10-3-7)9-5-11-12-6-9/h2-5,7-9,12-14H,6,10-11H2,1H3,(H,27,28);1-6H;5-8,10H,2-4H2,1H3,(H,11,12)/t13-,14+;;7-,8+/m0.0/s1. The van der Waals surface area contributed by atoms with Crippen LogP contribution in [-0.2, 0) is 12.4 Å². The van der Waals surface area contributed by atoms with Gasteiger partial charge in [0.1, 0.15) is 11.3 Å². The van der Waals surface area contributed by atoms with Gasteiger partial charge < -0.3 is 10.2 Å². The van der Waals surface area contributed by atoms with Crippen molar-refractivity contribution in [2.45, 2.75) is 50.9 Å². The van der Waals surface area contributed by atoms with Crippen molar-refractivity contribution in [1.82, 2.24) is 64.4 Å². The predicted octanol–water partition coefficient (Wildman–Crippen LogP) is 8.75. The van der Waals surface area contributed by atoms with E-state index >= 15 is 0 Å². The van der Waals surface area contributed by atoms with E-state index in [2.05, 4.69) is 74.4 Å². The average Bonchev–Trinajstić information content (AvgIpc) is 4.11. The number of anilines is 1. The van der Waals surface area contributed by atoms with E-state index in [0.29, 0.717) is 57.8 Å². The van der Waals surface area contributed by atoms with Crippen LogP contribution in [0.15, 0.2) is 98.4 Å². The van der Waals surface area contributed by atoms with Crippen LogP contribution in [0.25, 0.3) is 34.1 Å². The number of hydrogen-bond acceptors (Lipinski definition) is 10. The number of imidazole rings is 2. The van der Waals surface area contributed by atoms with E-state index in [0.717, 1.165) is 68.6 Å². The Bertz CT molecular complexity index is 2750. The molecule has 8 aromatic heterocycles. The lowest BCUT2D eigenvalue weighted by Gasteiger charge is -2.36. The quantitative estimate of drug-likeness (QED) is 0.113. The third-order valence-electron chi connectivity index (χ3n) is 11.0. The van der Waals surface area contributed by atoms with Crippen LogP contribution in [0.4, 0.5) is 32.3 Å². The van der Waals surface area contributed by atoms with Crippen molar-refractivity contribution >= 4 is 28.8 Å². The Balaban J connectivity index is 0.000000145. The van der Waals surface area contributed by atoms with Crippen LogP contribution in [0.1, 0.15) is 60.8 Å². The van der Waals surface area contributed by atoms with E-state index in [1.165, 1.54) is 51.5 Å². The maximum Gasteiger partial charge on any atom is 0.417 e. The molecular weight excluding hydrogens is 850 g/mol. The summed E-state index contributed by atoms with van der Waals surface area (Å²) in [5, 5.41) is 17.2. The van der Waals surface area contributed by atoms with E-state index in [1.807, 2.05) is 24.8 Å². The van der Waals surface area contributed by atoms with Gasteiger partial charge in [0.25, 0.3) is 0 Å². The molecule has 10 heterocycles. The van der Waals surface area contributed by atoms with Crippen molar-refractivity contribution in [2.24, 2.45) is 11.8 Å². The van der Waals surface area contributed by atoms with Gasteiger partial charge in [-0.2, -0.15) is 36.5 Å². The fourth-order valence-electron chi connectivity index (χ4n) is 7.93. The van der Waals surface area contributed by atoms with E-state index < -0.39 is 23.5 Å². The second-order valence-electron chi connectivity index (χ2n) is 15.7. The molecule has 0 spiro atoms. The number of halogens is 7. The average molecular weight is 891 g/mol. The number of H-pyrrole nitrogens is 2. The largest absolute Gasteiger partial charge is 0.417 e.